The number of hydrogen-bond donors (Lipinski definition) is 1. The molecule has 0 bridgehead atoms. The van der Waals surface area contributed by atoms with Crippen molar-refractivity contribution in [1.82, 2.24) is 0 Å². The zero-order chi connectivity index (χ0) is 16.4. The molecule has 23 heavy (non-hydrogen) atoms. The summed E-state index contributed by atoms with van der Waals surface area (Å²) < 4.78 is 40.4. The molecule has 1 atom stereocenters. The molecule has 0 amide bonds. The van der Waals surface area contributed by atoms with Crippen molar-refractivity contribution < 1.29 is 17.9 Å². The van der Waals surface area contributed by atoms with Gasteiger partial charge in [-0.3, -0.25) is 0 Å². The van der Waals surface area contributed by atoms with Gasteiger partial charge in [-0.1, -0.05) is 48.5 Å². The van der Waals surface area contributed by atoms with Crippen molar-refractivity contribution in [2.45, 2.75) is 12.4 Å². The number of benzene rings is 3. The SMILES string of the molecule is N[C@H](c1ccc(OC(F)(F)F)cc1)c1ccc2ccccc2c1. The number of nitrogens with two attached hydrogens (primary N) is 1. The lowest BCUT2D eigenvalue weighted by Crippen LogP contribution is -2.17. The number of halogens is 3. The molecule has 0 spiro atoms. The topological polar surface area (TPSA) is 35.2 Å². The number of rotatable bonds is 3. The van der Waals surface area contributed by atoms with Crippen LogP contribution in [-0.4, -0.2) is 6.36 Å². The minimum Gasteiger partial charge on any atom is -0.406 e. The standard InChI is InChI=1S/C18H14F3NO/c19-18(20,21)23-16-9-7-13(8-10-16)17(22)15-6-5-12-3-1-2-4-14(12)11-15/h1-11,17H,22H2/t17-/m1/s1. The first kappa shape index (κ1) is 15.4. The maximum absolute atomic E-state index is 12.2. The third kappa shape index (κ3) is 3.63. The highest BCUT2D eigenvalue weighted by Crippen LogP contribution is 2.27. The van der Waals surface area contributed by atoms with Gasteiger partial charge in [-0.15, -0.1) is 13.2 Å². The second-order valence-electron chi connectivity index (χ2n) is 5.20. The monoisotopic (exact) mass is 317 g/mol. The fourth-order valence-electron chi connectivity index (χ4n) is 2.47. The fraction of sp³-hybridized carbons (Fsp3) is 0.111. The molecule has 3 aromatic carbocycles. The Balaban J connectivity index is 1.85. The van der Waals surface area contributed by atoms with E-state index in [0.29, 0.717) is 0 Å². The van der Waals surface area contributed by atoms with E-state index in [1.807, 2.05) is 42.5 Å². The van der Waals surface area contributed by atoms with Gasteiger partial charge in [0.15, 0.2) is 0 Å². The predicted molar refractivity (Wildman–Crippen MR) is 83.1 cm³/mol. The Morgan fingerprint density at radius 3 is 2.04 bits per heavy atom. The van der Waals surface area contributed by atoms with Gasteiger partial charge >= 0.3 is 6.36 Å². The van der Waals surface area contributed by atoms with Crippen molar-refractivity contribution in [2.24, 2.45) is 5.73 Å². The molecule has 0 aliphatic carbocycles. The van der Waals surface area contributed by atoms with Gasteiger partial charge in [0.25, 0.3) is 0 Å². The molecule has 2 N–H and O–H groups in total. The molecule has 0 unspecified atom stereocenters. The van der Waals surface area contributed by atoms with Crippen LogP contribution in [0, 0.1) is 0 Å². The van der Waals surface area contributed by atoms with Crippen molar-refractivity contribution in [3.05, 3.63) is 77.9 Å². The zero-order valence-corrected chi connectivity index (χ0v) is 12.0. The van der Waals surface area contributed by atoms with E-state index in [4.69, 9.17) is 5.73 Å². The molecule has 118 valence electrons. The molecule has 0 saturated heterocycles. The van der Waals surface area contributed by atoms with Crippen molar-refractivity contribution in [2.75, 3.05) is 0 Å². The lowest BCUT2D eigenvalue weighted by molar-refractivity contribution is -0.274. The van der Waals surface area contributed by atoms with E-state index in [1.54, 1.807) is 12.1 Å². The minimum absolute atomic E-state index is 0.257. The van der Waals surface area contributed by atoms with Crippen molar-refractivity contribution >= 4 is 10.8 Å². The first-order valence-corrected chi connectivity index (χ1v) is 7.02. The van der Waals surface area contributed by atoms with Crippen LogP contribution in [0.2, 0.25) is 0 Å². The lowest BCUT2D eigenvalue weighted by Gasteiger charge is -2.15. The quantitative estimate of drug-likeness (QED) is 0.754. The van der Waals surface area contributed by atoms with E-state index >= 15 is 0 Å². The van der Waals surface area contributed by atoms with Gasteiger partial charge in [0.05, 0.1) is 6.04 Å². The molecule has 0 aromatic heterocycles. The summed E-state index contributed by atoms with van der Waals surface area (Å²) in [7, 11) is 0. The van der Waals surface area contributed by atoms with E-state index in [-0.39, 0.29) is 5.75 Å². The van der Waals surface area contributed by atoms with Crippen molar-refractivity contribution in [3.63, 3.8) is 0 Å². The van der Waals surface area contributed by atoms with E-state index in [0.717, 1.165) is 21.9 Å². The number of ether oxygens (including phenoxy) is 1. The summed E-state index contributed by atoms with van der Waals surface area (Å²) in [5.74, 6) is -0.257. The summed E-state index contributed by atoms with van der Waals surface area (Å²) >= 11 is 0. The van der Waals surface area contributed by atoms with E-state index < -0.39 is 12.4 Å². The molecule has 0 fully saturated rings. The van der Waals surface area contributed by atoms with Crippen LogP contribution in [0.1, 0.15) is 17.2 Å². The fourth-order valence-corrected chi connectivity index (χ4v) is 2.47. The maximum Gasteiger partial charge on any atom is 0.573 e. The van der Waals surface area contributed by atoms with Crippen LogP contribution >= 0.6 is 0 Å². The molecule has 0 aliphatic rings. The van der Waals surface area contributed by atoms with Crippen LogP contribution in [0.4, 0.5) is 13.2 Å². The highest BCUT2D eigenvalue weighted by atomic mass is 19.4. The Bertz CT molecular complexity index is 812. The van der Waals surface area contributed by atoms with Gasteiger partial charge in [-0.25, -0.2) is 0 Å². The molecule has 3 aromatic rings. The van der Waals surface area contributed by atoms with E-state index in [1.165, 1.54) is 12.1 Å². The molecule has 0 heterocycles. The Hall–Kier alpha value is -2.53. The normalized spacial score (nSPS) is 13.0. The van der Waals surface area contributed by atoms with Gasteiger partial charge < -0.3 is 10.5 Å². The van der Waals surface area contributed by atoms with Gasteiger partial charge in [0.2, 0.25) is 0 Å². The van der Waals surface area contributed by atoms with Gasteiger partial charge in [0.1, 0.15) is 5.75 Å². The Kier molecular flexibility index (Phi) is 3.96. The molecule has 5 heteroatoms. The molecule has 0 aliphatic heterocycles. The highest BCUT2D eigenvalue weighted by Gasteiger charge is 2.31. The summed E-state index contributed by atoms with van der Waals surface area (Å²) in [6, 6.07) is 19.0. The predicted octanol–water partition coefficient (Wildman–Crippen LogP) is 4.79. The summed E-state index contributed by atoms with van der Waals surface area (Å²) in [5.41, 5.74) is 7.84. The zero-order valence-electron chi connectivity index (χ0n) is 12.0. The molecule has 2 nitrogen and oxygen atoms in total. The van der Waals surface area contributed by atoms with Crippen molar-refractivity contribution in [3.8, 4) is 5.75 Å². The Morgan fingerprint density at radius 2 is 1.39 bits per heavy atom. The number of hydrogen-bond acceptors (Lipinski definition) is 2. The first-order valence-electron chi connectivity index (χ1n) is 7.02. The van der Waals surface area contributed by atoms with Crippen molar-refractivity contribution in [1.29, 1.82) is 0 Å². The average molecular weight is 317 g/mol. The van der Waals surface area contributed by atoms with Crippen LogP contribution < -0.4 is 10.5 Å². The minimum atomic E-state index is -4.69. The molecule has 0 saturated carbocycles. The molecule has 0 radical (unpaired) electrons. The van der Waals surface area contributed by atoms with Gasteiger partial charge in [-0.2, -0.15) is 0 Å². The molecular formula is C18H14F3NO. The average Bonchev–Trinajstić information content (AvgIpc) is 2.53. The van der Waals surface area contributed by atoms with Gasteiger partial charge in [-0.05, 0) is 40.1 Å². The largest absolute Gasteiger partial charge is 0.573 e. The summed E-state index contributed by atoms with van der Waals surface area (Å²) in [4.78, 5) is 0. The first-order chi connectivity index (χ1) is 10.9. The van der Waals surface area contributed by atoms with E-state index in [2.05, 4.69) is 4.74 Å². The van der Waals surface area contributed by atoms with Crippen LogP contribution in [0.3, 0.4) is 0 Å². The van der Waals surface area contributed by atoms with Crippen LogP contribution in [-0.2, 0) is 0 Å². The van der Waals surface area contributed by atoms with Gasteiger partial charge in [0, 0.05) is 0 Å². The smallest absolute Gasteiger partial charge is 0.406 e. The molecular weight excluding hydrogens is 303 g/mol. The Labute approximate surface area is 131 Å². The van der Waals surface area contributed by atoms with Crippen LogP contribution in [0.15, 0.2) is 66.7 Å². The second-order valence-corrected chi connectivity index (χ2v) is 5.20. The molecule has 3 rings (SSSR count). The number of fused-ring (bicyclic) bond motifs is 1. The third-order valence-electron chi connectivity index (χ3n) is 3.61. The Morgan fingerprint density at radius 1 is 0.783 bits per heavy atom. The third-order valence-corrected chi connectivity index (χ3v) is 3.61. The summed E-state index contributed by atoms with van der Waals surface area (Å²) in [6.45, 7) is 0. The van der Waals surface area contributed by atoms with Crippen LogP contribution in [0.5, 0.6) is 5.75 Å². The lowest BCUT2D eigenvalue weighted by atomic mass is 9.97. The van der Waals surface area contributed by atoms with E-state index in [9.17, 15) is 13.2 Å². The second kappa shape index (κ2) is 5.93. The van der Waals surface area contributed by atoms with Crippen LogP contribution in [0.25, 0.3) is 10.8 Å². The maximum atomic E-state index is 12.2. The summed E-state index contributed by atoms with van der Waals surface area (Å²) in [6.07, 6.45) is -4.69. The number of alkyl halides is 3. The summed E-state index contributed by atoms with van der Waals surface area (Å²) in [5, 5.41) is 2.18. The highest BCUT2D eigenvalue weighted by molar-refractivity contribution is 5.83.